The van der Waals surface area contributed by atoms with Gasteiger partial charge in [0, 0.05) is 19.3 Å². The quantitative estimate of drug-likeness (QED) is 0.468. The minimum atomic E-state index is -1.65. The van der Waals surface area contributed by atoms with E-state index in [2.05, 4.69) is 9.97 Å². The van der Waals surface area contributed by atoms with Crippen molar-refractivity contribution >= 4 is 23.1 Å². The predicted octanol–water partition coefficient (Wildman–Crippen LogP) is 1.18. The third kappa shape index (κ3) is 2.49. The first-order chi connectivity index (χ1) is 9.52. The second-order valence-corrected chi connectivity index (χ2v) is 4.25. The molecule has 2 aromatic rings. The van der Waals surface area contributed by atoms with E-state index in [1.165, 1.54) is 24.5 Å². The van der Waals surface area contributed by atoms with Gasteiger partial charge in [-0.25, -0.2) is 0 Å². The van der Waals surface area contributed by atoms with E-state index in [-0.39, 0.29) is 11.4 Å². The predicted molar refractivity (Wildman–Crippen MR) is 69.4 cm³/mol. The monoisotopic (exact) mass is 272 g/mol. The fourth-order valence-corrected chi connectivity index (χ4v) is 1.84. The lowest BCUT2D eigenvalue weighted by Crippen LogP contribution is -2.36. The first-order valence-corrected chi connectivity index (χ1v) is 5.92. The zero-order valence-electron chi connectivity index (χ0n) is 10.7. The smallest absolute Gasteiger partial charge is 0.216 e. The second-order valence-electron chi connectivity index (χ2n) is 4.25. The molecule has 20 heavy (non-hydrogen) atoms. The average molecular weight is 272 g/mol. The molecule has 0 radical (unpaired) electrons. The van der Waals surface area contributed by atoms with Gasteiger partial charge >= 0.3 is 0 Å². The van der Waals surface area contributed by atoms with Gasteiger partial charge in [0.05, 0.1) is 11.4 Å². The lowest BCUT2D eigenvalue weighted by atomic mass is 9.89. The largest absolute Gasteiger partial charge is 0.359 e. The normalized spacial score (nSPS) is 10.5. The van der Waals surface area contributed by atoms with E-state index >= 15 is 0 Å². The van der Waals surface area contributed by atoms with Crippen LogP contribution in [0.3, 0.4) is 0 Å². The van der Waals surface area contributed by atoms with Crippen molar-refractivity contribution in [3.63, 3.8) is 0 Å². The van der Waals surface area contributed by atoms with E-state index in [0.29, 0.717) is 0 Å². The zero-order valence-corrected chi connectivity index (χ0v) is 10.7. The molecular weight excluding hydrogens is 260 g/mol. The van der Waals surface area contributed by atoms with E-state index in [1.807, 2.05) is 0 Å². The van der Waals surface area contributed by atoms with Crippen LogP contribution in [0.1, 0.15) is 27.9 Å². The topological polar surface area (TPSA) is 99.9 Å². The van der Waals surface area contributed by atoms with Crippen LogP contribution in [-0.4, -0.2) is 33.1 Å². The molecule has 2 aromatic heterocycles. The Hall–Kier alpha value is -2.76. The van der Waals surface area contributed by atoms with Crippen LogP contribution in [0.15, 0.2) is 36.7 Å². The molecule has 0 aliphatic heterocycles. The molecule has 2 rings (SSSR count). The number of carbonyl (C=O) groups is 4. The Labute approximate surface area is 114 Å². The average Bonchev–Trinajstić information content (AvgIpc) is 3.11. The highest BCUT2D eigenvalue weighted by Gasteiger charge is 2.37. The van der Waals surface area contributed by atoms with Crippen molar-refractivity contribution in [1.29, 1.82) is 0 Å². The van der Waals surface area contributed by atoms with E-state index in [0.717, 1.165) is 6.92 Å². The van der Waals surface area contributed by atoms with Crippen LogP contribution >= 0.6 is 0 Å². The molecule has 0 spiro atoms. The number of hydrogen-bond acceptors (Lipinski definition) is 4. The molecule has 0 fully saturated rings. The molecule has 0 bridgehead atoms. The van der Waals surface area contributed by atoms with Gasteiger partial charge in [-0.2, -0.15) is 0 Å². The van der Waals surface area contributed by atoms with Crippen molar-refractivity contribution < 1.29 is 19.2 Å². The maximum Gasteiger partial charge on any atom is 0.216 e. The van der Waals surface area contributed by atoms with Crippen LogP contribution in [0.25, 0.3) is 0 Å². The first kappa shape index (κ1) is 13.7. The first-order valence-electron chi connectivity index (χ1n) is 5.92. The van der Waals surface area contributed by atoms with Crippen LogP contribution in [0.4, 0.5) is 0 Å². The van der Waals surface area contributed by atoms with E-state index in [4.69, 9.17) is 0 Å². The van der Waals surface area contributed by atoms with Gasteiger partial charge in [0.15, 0.2) is 23.3 Å². The van der Waals surface area contributed by atoms with Crippen molar-refractivity contribution in [2.45, 2.75) is 6.92 Å². The highest BCUT2D eigenvalue weighted by molar-refractivity contribution is 6.47. The lowest BCUT2D eigenvalue weighted by Gasteiger charge is -2.10. The highest BCUT2D eigenvalue weighted by Crippen LogP contribution is 2.15. The summed E-state index contributed by atoms with van der Waals surface area (Å²) in [6, 6.07) is 6.04. The molecule has 0 atom stereocenters. The lowest BCUT2D eigenvalue weighted by molar-refractivity contribution is -0.136. The molecule has 6 nitrogen and oxygen atoms in total. The minimum absolute atomic E-state index is 0.115. The summed E-state index contributed by atoms with van der Waals surface area (Å²) >= 11 is 0. The number of rotatable bonds is 6. The van der Waals surface area contributed by atoms with Crippen LogP contribution in [0.5, 0.6) is 0 Å². The van der Waals surface area contributed by atoms with Gasteiger partial charge in [0.25, 0.3) is 0 Å². The molecule has 2 N–H and O–H groups in total. The summed E-state index contributed by atoms with van der Waals surface area (Å²) < 4.78 is 0. The Kier molecular flexibility index (Phi) is 3.74. The zero-order chi connectivity index (χ0) is 14.7. The Morgan fingerprint density at radius 1 is 0.900 bits per heavy atom. The Balaban J connectivity index is 2.40. The summed E-state index contributed by atoms with van der Waals surface area (Å²) in [5.74, 6) is -4.91. The standard InChI is InChI=1S/C14H12N2O4/c1-8(17)12(18)11(13(19)9-4-2-6-15-9)14(20)10-5-3-7-16-10/h2-7,11,15-16H,1H3. The van der Waals surface area contributed by atoms with Gasteiger partial charge in [-0.05, 0) is 24.3 Å². The van der Waals surface area contributed by atoms with E-state index in [1.54, 1.807) is 12.1 Å². The van der Waals surface area contributed by atoms with Crippen LogP contribution in [0, 0.1) is 5.92 Å². The number of carbonyl (C=O) groups excluding carboxylic acids is 4. The molecular formula is C14H12N2O4. The Morgan fingerprint density at radius 2 is 1.35 bits per heavy atom. The van der Waals surface area contributed by atoms with Gasteiger partial charge in [-0.1, -0.05) is 0 Å². The van der Waals surface area contributed by atoms with Gasteiger partial charge in [0.1, 0.15) is 0 Å². The summed E-state index contributed by atoms with van der Waals surface area (Å²) in [5, 5.41) is 0. The van der Waals surface area contributed by atoms with Crippen molar-refractivity contribution in [3.8, 4) is 0 Å². The molecule has 2 heterocycles. The van der Waals surface area contributed by atoms with Gasteiger partial charge in [-0.3, -0.25) is 19.2 Å². The number of hydrogen-bond donors (Lipinski definition) is 2. The number of Topliss-reactive ketones (excluding diaryl/α,β-unsaturated/α-hetero) is 4. The van der Waals surface area contributed by atoms with Crippen LogP contribution in [-0.2, 0) is 9.59 Å². The number of ketones is 4. The molecule has 102 valence electrons. The number of nitrogens with one attached hydrogen (secondary N) is 2. The second kappa shape index (κ2) is 5.48. The fourth-order valence-electron chi connectivity index (χ4n) is 1.84. The summed E-state index contributed by atoms with van der Waals surface area (Å²) in [5.41, 5.74) is 0.231. The fraction of sp³-hybridized carbons (Fsp3) is 0.143. The number of aromatic amines is 2. The summed E-state index contributed by atoms with van der Waals surface area (Å²) in [6.07, 6.45) is 3.00. The van der Waals surface area contributed by atoms with Crippen LogP contribution in [0.2, 0.25) is 0 Å². The third-order valence-corrected chi connectivity index (χ3v) is 2.86. The molecule has 0 aliphatic carbocycles. The summed E-state index contributed by atoms with van der Waals surface area (Å²) in [7, 11) is 0. The molecule has 0 saturated heterocycles. The summed E-state index contributed by atoms with van der Waals surface area (Å²) in [6.45, 7) is 1.04. The van der Waals surface area contributed by atoms with Gasteiger partial charge in [-0.15, -0.1) is 0 Å². The summed E-state index contributed by atoms with van der Waals surface area (Å²) in [4.78, 5) is 52.9. The van der Waals surface area contributed by atoms with Gasteiger partial charge < -0.3 is 9.97 Å². The van der Waals surface area contributed by atoms with Crippen LogP contribution < -0.4 is 0 Å². The Bertz CT molecular complexity index is 607. The molecule has 6 heteroatoms. The van der Waals surface area contributed by atoms with Crippen molar-refractivity contribution in [2.75, 3.05) is 0 Å². The minimum Gasteiger partial charge on any atom is -0.359 e. The number of H-pyrrole nitrogens is 2. The Morgan fingerprint density at radius 3 is 1.65 bits per heavy atom. The van der Waals surface area contributed by atoms with Crippen molar-refractivity contribution in [3.05, 3.63) is 48.0 Å². The van der Waals surface area contributed by atoms with Gasteiger partial charge in [0.2, 0.25) is 5.78 Å². The number of aromatic nitrogens is 2. The highest BCUT2D eigenvalue weighted by atomic mass is 16.2. The van der Waals surface area contributed by atoms with Crippen molar-refractivity contribution in [2.24, 2.45) is 5.92 Å². The molecule has 0 unspecified atom stereocenters. The molecule has 0 aromatic carbocycles. The molecule has 0 aliphatic rings. The SMILES string of the molecule is CC(=O)C(=O)C(C(=O)c1ccc[nH]1)C(=O)c1ccc[nH]1. The molecule has 0 saturated carbocycles. The van der Waals surface area contributed by atoms with Crippen molar-refractivity contribution in [1.82, 2.24) is 9.97 Å². The van der Waals surface area contributed by atoms with E-state index < -0.39 is 29.1 Å². The third-order valence-electron chi connectivity index (χ3n) is 2.86. The maximum absolute atomic E-state index is 12.2. The maximum atomic E-state index is 12.2. The van der Waals surface area contributed by atoms with E-state index in [9.17, 15) is 19.2 Å². The molecule has 0 amide bonds.